The molecule has 5 heteroatoms. The lowest BCUT2D eigenvalue weighted by Crippen LogP contribution is -2.36. The van der Waals surface area contributed by atoms with Gasteiger partial charge in [0.25, 0.3) is 5.91 Å². The number of fused-ring (bicyclic) bond motifs is 1. The Kier molecular flexibility index (Phi) is 3.11. The van der Waals surface area contributed by atoms with Gasteiger partial charge in [-0.25, -0.2) is 0 Å². The van der Waals surface area contributed by atoms with Crippen molar-refractivity contribution in [2.24, 2.45) is 0 Å². The van der Waals surface area contributed by atoms with Gasteiger partial charge in [-0.3, -0.25) is 9.59 Å². The van der Waals surface area contributed by atoms with E-state index in [1.807, 2.05) is 0 Å². The molecule has 3 rings (SSSR count). The van der Waals surface area contributed by atoms with Gasteiger partial charge in [0.1, 0.15) is 11.5 Å². The molecule has 5 nitrogen and oxygen atoms in total. The van der Waals surface area contributed by atoms with E-state index in [4.69, 9.17) is 9.47 Å². The first kappa shape index (κ1) is 12.0. The van der Waals surface area contributed by atoms with E-state index in [0.717, 1.165) is 12.8 Å². The fourth-order valence-corrected chi connectivity index (χ4v) is 2.33. The molecule has 0 radical (unpaired) electrons. The monoisotopic (exact) mass is 261 g/mol. The van der Waals surface area contributed by atoms with Gasteiger partial charge in [-0.1, -0.05) is 0 Å². The number of nitrogens with one attached hydrogen (secondary N) is 1. The van der Waals surface area contributed by atoms with Gasteiger partial charge >= 0.3 is 0 Å². The van der Waals surface area contributed by atoms with Crippen molar-refractivity contribution < 1.29 is 19.1 Å². The average Bonchev–Trinajstić information content (AvgIpc) is 2.65. The molecule has 1 aromatic carbocycles. The minimum Gasteiger partial charge on any atom is -0.485 e. The van der Waals surface area contributed by atoms with Gasteiger partial charge in [-0.15, -0.1) is 0 Å². The Morgan fingerprint density at radius 1 is 1.26 bits per heavy atom. The third-order valence-electron chi connectivity index (χ3n) is 3.38. The van der Waals surface area contributed by atoms with E-state index < -0.39 is 6.10 Å². The van der Waals surface area contributed by atoms with Crippen molar-refractivity contribution >= 4 is 11.7 Å². The van der Waals surface area contributed by atoms with Crippen molar-refractivity contribution in [3.63, 3.8) is 0 Å². The van der Waals surface area contributed by atoms with Gasteiger partial charge in [-0.05, 0) is 31.4 Å². The van der Waals surface area contributed by atoms with Crippen LogP contribution in [0.25, 0.3) is 0 Å². The molecule has 19 heavy (non-hydrogen) atoms. The van der Waals surface area contributed by atoms with Crippen LogP contribution in [0, 0.1) is 0 Å². The number of amides is 1. The fraction of sp³-hybridized carbons (Fsp3) is 0.429. The second kappa shape index (κ2) is 4.91. The molecule has 0 aliphatic carbocycles. The van der Waals surface area contributed by atoms with E-state index in [-0.39, 0.29) is 18.3 Å². The number of Topliss-reactive ketones (excluding diaryl/α,β-unsaturated/α-hetero) is 1. The summed E-state index contributed by atoms with van der Waals surface area (Å²) in [7, 11) is 0. The molecule has 1 amide bonds. The molecule has 1 unspecified atom stereocenters. The summed E-state index contributed by atoms with van der Waals surface area (Å²) in [6.07, 6.45) is 2.19. The van der Waals surface area contributed by atoms with E-state index in [9.17, 15) is 9.59 Å². The van der Waals surface area contributed by atoms with E-state index >= 15 is 0 Å². The molecule has 0 saturated carbocycles. The third-order valence-corrected chi connectivity index (χ3v) is 3.38. The predicted molar refractivity (Wildman–Crippen MR) is 67.5 cm³/mol. The zero-order chi connectivity index (χ0) is 13.2. The molecule has 2 aliphatic rings. The highest BCUT2D eigenvalue weighted by molar-refractivity contribution is 6.02. The number of hydrogen-bond acceptors (Lipinski definition) is 4. The summed E-state index contributed by atoms with van der Waals surface area (Å²) in [5.41, 5.74) is 0.581. The molecular formula is C14H15NO4. The van der Waals surface area contributed by atoms with Crippen LogP contribution < -0.4 is 14.8 Å². The van der Waals surface area contributed by atoms with Crippen LogP contribution in [0.15, 0.2) is 18.2 Å². The Morgan fingerprint density at radius 3 is 3.05 bits per heavy atom. The lowest BCUT2D eigenvalue weighted by atomic mass is 10.1. The zero-order valence-electron chi connectivity index (χ0n) is 10.5. The predicted octanol–water partition coefficient (Wildman–Crippen LogP) is 1.31. The molecule has 1 atom stereocenters. The molecular weight excluding hydrogens is 246 g/mol. The molecule has 0 bridgehead atoms. The van der Waals surface area contributed by atoms with Gasteiger partial charge < -0.3 is 14.8 Å². The molecule has 100 valence electrons. The number of benzene rings is 1. The Labute approximate surface area is 110 Å². The van der Waals surface area contributed by atoms with E-state index in [2.05, 4.69) is 5.32 Å². The van der Waals surface area contributed by atoms with Crippen LogP contribution in [-0.4, -0.2) is 30.9 Å². The topological polar surface area (TPSA) is 64.6 Å². The second-order valence-corrected chi connectivity index (χ2v) is 4.76. The first-order valence-corrected chi connectivity index (χ1v) is 6.48. The molecule has 1 aromatic rings. The summed E-state index contributed by atoms with van der Waals surface area (Å²) in [6.45, 7) is 0.795. The summed E-state index contributed by atoms with van der Waals surface area (Å²) in [4.78, 5) is 23.2. The molecule has 2 aliphatic heterocycles. The summed E-state index contributed by atoms with van der Waals surface area (Å²) >= 11 is 0. The lowest BCUT2D eigenvalue weighted by Gasteiger charge is -2.16. The first-order valence-electron chi connectivity index (χ1n) is 6.48. The Hall–Kier alpha value is -2.04. The zero-order valence-corrected chi connectivity index (χ0v) is 10.5. The Balaban J connectivity index is 1.76. The third kappa shape index (κ3) is 2.41. The minimum atomic E-state index is -0.461. The highest BCUT2D eigenvalue weighted by Gasteiger charge is 2.25. The number of rotatable bonds is 2. The van der Waals surface area contributed by atoms with Crippen molar-refractivity contribution in [3.8, 4) is 11.5 Å². The summed E-state index contributed by atoms with van der Waals surface area (Å²) in [5.74, 6) is 1.01. The van der Waals surface area contributed by atoms with Crippen molar-refractivity contribution in [2.45, 2.75) is 25.4 Å². The van der Waals surface area contributed by atoms with Crippen LogP contribution in [0.5, 0.6) is 11.5 Å². The second-order valence-electron chi connectivity index (χ2n) is 4.76. The summed E-state index contributed by atoms with van der Waals surface area (Å²) < 4.78 is 11.0. The highest BCUT2D eigenvalue weighted by atomic mass is 16.5. The lowest BCUT2D eigenvalue weighted by molar-refractivity contribution is -0.127. The van der Waals surface area contributed by atoms with E-state index in [1.54, 1.807) is 18.2 Å². The van der Waals surface area contributed by atoms with Crippen LogP contribution in [0.4, 0.5) is 0 Å². The van der Waals surface area contributed by atoms with Gasteiger partial charge in [0.05, 0.1) is 5.56 Å². The fourth-order valence-electron chi connectivity index (χ4n) is 2.33. The SMILES string of the molecule is O=C1COc2cc(OC3CCCCNC3=O)ccc21. The molecule has 1 N–H and O–H groups in total. The molecule has 2 heterocycles. The van der Waals surface area contributed by atoms with Crippen LogP contribution in [0.2, 0.25) is 0 Å². The molecule has 1 saturated heterocycles. The Bertz CT molecular complexity index is 526. The summed E-state index contributed by atoms with van der Waals surface area (Å²) in [6, 6.07) is 5.08. The van der Waals surface area contributed by atoms with Crippen LogP contribution >= 0.6 is 0 Å². The number of ketones is 1. The number of carbonyl (C=O) groups is 2. The molecule has 0 aromatic heterocycles. The maximum absolute atomic E-state index is 11.8. The Morgan fingerprint density at radius 2 is 2.16 bits per heavy atom. The summed E-state index contributed by atoms with van der Waals surface area (Å²) in [5, 5.41) is 2.82. The minimum absolute atomic E-state index is 0.0197. The van der Waals surface area contributed by atoms with Crippen molar-refractivity contribution in [1.82, 2.24) is 5.32 Å². The van der Waals surface area contributed by atoms with Crippen LogP contribution in [0.1, 0.15) is 29.6 Å². The maximum atomic E-state index is 11.8. The van der Waals surface area contributed by atoms with Crippen LogP contribution in [0.3, 0.4) is 0 Å². The average molecular weight is 261 g/mol. The smallest absolute Gasteiger partial charge is 0.261 e. The number of hydrogen-bond donors (Lipinski definition) is 1. The van der Waals surface area contributed by atoms with E-state index in [0.29, 0.717) is 30.0 Å². The van der Waals surface area contributed by atoms with Crippen molar-refractivity contribution in [3.05, 3.63) is 23.8 Å². The normalized spacial score (nSPS) is 22.2. The first-order chi connectivity index (χ1) is 9.24. The van der Waals surface area contributed by atoms with Crippen LogP contribution in [-0.2, 0) is 4.79 Å². The maximum Gasteiger partial charge on any atom is 0.261 e. The van der Waals surface area contributed by atoms with Crippen molar-refractivity contribution in [2.75, 3.05) is 13.2 Å². The van der Waals surface area contributed by atoms with Gasteiger partial charge in [0.15, 0.2) is 12.7 Å². The molecule has 1 fully saturated rings. The number of ether oxygens (including phenoxy) is 2. The highest BCUT2D eigenvalue weighted by Crippen LogP contribution is 2.30. The quantitative estimate of drug-likeness (QED) is 0.871. The van der Waals surface area contributed by atoms with Gasteiger partial charge in [0, 0.05) is 12.6 Å². The standard InChI is InChI=1S/C14H15NO4/c16-11-8-18-13-7-9(4-5-10(11)13)19-12-3-1-2-6-15-14(12)17/h4-5,7,12H,1-3,6,8H2,(H,15,17). The van der Waals surface area contributed by atoms with Gasteiger partial charge in [0.2, 0.25) is 5.78 Å². The van der Waals surface area contributed by atoms with Crippen molar-refractivity contribution in [1.29, 1.82) is 0 Å². The van der Waals surface area contributed by atoms with Gasteiger partial charge in [-0.2, -0.15) is 0 Å². The van der Waals surface area contributed by atoms with E-state index in [1.165, 1.54) is 0 Å². The molecule has 0 spiro atoms. The number of carbonyl (C=O) groups excluding carboxylic acids is 2. The largest absolute Gasteiger partial charge is 0.485 e.